The number of carbonyl (C=O) groups is 1. The predicted molar refractivity (Wildman–Crippen MR) is 150 cm³/mol. The lowest BCUT2D eigenvalue weighted by Gasteiger charge is -2.12. The van der Waals surface area contributed by atoms with Gasteiger partial charge in [-0.15, -0.1) is 21.5 Å². The first-order valence-electron chi connectivity index (χ1n) is 11.7. The Bertz CT molecular complexity index is 1700. The van der Waals surface area contributed by atoms with Crippen molar-refractivity contribution in [3.63, 3.8) is 0 Å². The zero-order valence-electron chi connectivity index (χ0n) is 20.2. The van der Waals surface area contributed by atoms with E-state index in [1.54, 1.807) is 13.4 Å². The largest absolute Gasteiger partial charge is 0.497 e. The molecule has 10 heteroatoms. The van der Waals surface area contributed by atoms with E-state index >= 15 is 0 Å². The fraction of sp³-hybridized carbons (Fsp3) is 0.0714. The number of aromatic nitrogens is 4. The molecule has 6 rings (SSSR count). The molecule has 3 aromatic carbocycles. The van der Waals surface area contributed by atoms with Crippen LogP contribution in [0.15, 0.2) is 100 Å². The molecule has 3 aromatic heterocycles. The Hall–Kier alpha value is -4.41. The number of carbonyl (C=O) groups excluding carboxylic acids is 1. The topological polar surface area (TPSA) is 95.1 Å². The smallest absolute Gasteiger partial charge is 0.236 e. The van der Waals surface area contributed by atoms with E-state index in [4.69, 9.17) is 9.15 Å². The number of benzene rings is 3. The molecule has 0 fully saturated rings. The monoisotopic (exact) mass is 539 g/mol. The summed E-state index contributed by atoms with van der Waals surface area (Å²) in [5.74, 6) is 1.89. The molecule has 6 aromatic rings. The van der Waals surface area contributed by atoms with Crippen LogP contribution in [-0.4, -0.2) is 38.5 Å². The van der Waals surface area contributed by atoms with Crippen molar-refractivity contribution in [1.29, 1.82) is 0 Å². The molecule has 188 valence electrons. The minimum atomic E-state index is -0.183. The summed E-state index contributed by atoms with van der Waals surface area (Å²) in [7, 11) is 1.63. The second-order valence-corrected chi connectivity index (χ2v) is 10.0. The van der Waals surface area contributed by atoms with Gasteiger partial charge in [0.15, 0.2) is 16.0 Å². The first kappa shape index (κ1) is 24.0. The van der Waals surface area contributed by atoms with Gasteiger partial charge in [0.2, 0.25) is 11.7 Å². The van der Waals surface area contributed by atoms with E-state index in [-0.39, 0.29) is 11.7 Å². The zero-order valence-corrected chi connectivity index (χ0v) is 21.8. The summed E-state index contributed by atoms with van der Waals surface area (Å²) in [6.07, 6.45) is 1.60. The molecule has 0 spiro atoms. The highest BCUT2D eigenvalue weighted by molar-refractivity contribution is 7.99. The molecule has 0 saturated carbocycles. The summed E-state index contributed by atoms with van der Waals surface area (Å²) in [6.45, 7) is 0. The molecule has 0 atom stereocenters. The van der Waals surface area contributed by atoms with Crippen molar-refractivity contribution < 1.29 is 13.9 Å². The number of thiazole rings is 1. The number of ether oxygens (including phenoxy) is 1. The number of nitrogens with zero attached hydrogens (tertiary/aromatic N) is 4. The Morgan fingerprint density at radius 2 is 1.87 bits per heavy atom. The lowest BCUT2D eigenvalue weighted by molar-refractivity contribution is -0.113. The van der Waals surface area contributed by atoms with Crippen LogP contribution in [0.25, 0.3) is 39.3 Å². The standard InChI is InChI=1S/C28H21N5O3S2/c1-35-20-13-11-19(12-14-20)22-16-37-27(29-22)30-25(34)17-38-28-32-31-26(24-10-5-15-36-24)33(28)23-9-4-7-18-6-2-3-8-21(18)23/h2-16H,17H2,1H3,(H,29,30,34). The average molecular weight is 540 g/mol. The van der Waals surface area contributed by atoms with Gasteiger partial charge < -0.3 is 14.5 Å². The van der Waals surface area contributed by atoms with Crippen LogP contribution >= 0.6 is 23.1 Å². The third kappa shape index (κ3) is 4.79. The Kier molecular flexibility index (Phi) is 6.63. The van der Waals surface area contributed by atoms with Crippen molar-refractivity contribution in [1.82, 2.24) is 19.7 Å². The highest BCUT2D eigenvalue weighted by Gasteiger charge is 2.20. The molecule has 1 N–H and O–H groups in total. The van der Waals surface area contributed by atoms with E-state index in [1.165, 1.54) is 23.1 Å². The predicted octanol–water partition coefficient (Wildman–Crippen LogP) is 6.54. The van der Waals surface area contributed by atoms with Gasteiger partial charge in [-0.25, -0.2) is 4.98 Å². The van der Waals surface area contributed by atoms with Crippen molar-refractivity contribution in [3.05, 3.63) is 90.5 Å². The van der Waals surface area contributed by atoms with Gasteiger partial charge in [-0.05, 0) is 47.9 Å². The van der Waals surface area contributed by atoms with E-state index in [0.29, 0.717) is 21.9 Å². The number of methoxy groups -OCH3 is 1. The molecule has 1 amide bonds. The Morgan fingerprint density at radius 1 is 1.03 bits per heavy atom. The zero-order chi connectivity index (χ0) is 25.9. The number of hydrogen-bond acceptors (Lipinski definition) is 8. The van der Waals surface area contributed by atoms with Crippen LogP contribution in [0.1, 0.15) is 0 Å². The molecule has 0 unspecified atom stereocenters. The van der Waals surface area contributed by atoms with Crippen molar-refractivity contribution in [2.75, 3.05) is 18.2 Å². The van der Waals surface area contributed by atoms with Gasteiger partial charge in [0.05, 0.1) is 30.5 Å². The minimum absolute atomic E-state index is 0.137. The Morgan fingerprint density at radius 3 is 2.68 bits per heavy atom. The SMILES string of the molecule is COc1ccc(-c2csc(NC(=O)CSc3nnc(-c4ccco4)n3-c3cccc4ccccc34)n2)cc1. The average Bonchev–Trinajstić information content (AvgIpc) is 3.73. The van der Waals surface area contributed by atoms with Crippen molar-refractivity contribution >= 4 is 44.9 Å². The van der Waals surface area contributed by atoms with Gasteiger partial charge >= 0.3 is 0 Å². The lowest BCUT2D eigenvalue weighted by Crippen LogP contribution is -2.14. The summed E-state index contributed by atoms with van der Waals surface area (Å²) in [5, 5.41) is 16.9. The molecule has 0 radical (unpaired) electrons. The van der Waals surface area contributed by atoms with Gasteiger partial charge in [-0.3, -0.25) is 9.36 Å². The Balaban J connectivity index is 1.23. The number of nitrogens with one attached hydrogen (secondary N) is 1. The fourth-order valence-corrected chi connectivity index (χ4v) is 5.54. The van der Waals surface area contributed by atoms with Crippen LogP contribution < -0.4 is 10.1 Å². The molecule has 3 heterocycles. The van der Waals surface area contributed by atoms with E-state index in [2.05, 4.69) is 38.7 Å². The summed E-state index contributed by atoms with van der Waals surface area (Å²) in [5.41, 5.74) is 2.65. The van der Waals surface area contributed by atoms with Crippen LogP contribution in [0.4, 0.5) is 5.13 Å². The quantitative estimate of drug-likeness (QED) is 0.219. The van der Waals surface area contributed by atoms with Crippen LogP contribution in [0.3, 0.4) is 0 Å². The summed E-state index contributed by atoms with van der Waals surface area (Å²) in [6, 6.07) is 25.5. The second kappa shape index (κ2) is 10.5. The number of thioether (sulfide) groups is 1. The number of anilines is 1. The minimum Gasteiger partial charge on any atom is -0.497 e. The molecule has 8 nitrogen and oxygen atoms in total. The van der Waals surface area contributed by atoms with Crippen molar-refractivity contribution in [3.8, 4) is 34.3 Å². The maximum absolute atomic E-state index is 12.9. The first-order chi connectivity index (χ1) is 18.7. The van der Waals surface area contributed by atoms with Gasteiger partial charge in [0, 0.05) is 16.3 Å². The van der Waals surface area contributed by atoms with Crippen LogP contribution in [0, 0.1) is 0 Å². The molecule has 0 bridgehead atoms. The van der Waals surface area contributed by atoms with Gasteiger partial charge in [0.1, 0.15) is 5.75 Å². The fourth-order valence-electron chi connectivity index (χ4n) is 4.06. The number of amides is 1. The van der Waals surface area contributed by atoms with Gasteiger partial charge in [-0.2, -0.15) is 0 Å². The van der Waals surface area contributed by atoms with Crippen LogP contribution in [0.2, 0.25) is 0 Å². The summed E-state index contributed by atoms with van der Waals surface area (Å²) < 4.78 is 12.8. The van der Waals surface area contributed by atoms with Gasteiger partial charge in [0.25, 0.3) is 0 Å². The van der Waals surface area contributed by atoms with E-state index in [1.807, 2.05) is 70.6 Å². The normalized spacial score (nSPS) is 11.1. The third-order valence-electron chi connectivity index (χ3n) is 5.85. The third-order valence-corrected chi connectivity index (χ3v) is 7.54. The van der Waals surface area contributed by atoms with Crippen LogP contribution in [-0.2, 0) is 4.79 Å². The maximum atomic E-state index is 12.9. The van der Waals surface area contributed by atoms with Crippen LogP contribution in [0.5, 0.6) is 5.75 Å². The molecular formula is C28H21N5O3S2. The molecule has 0 aliphatic rings. The molecule has 38 heavy (non-hydrogen) atoms. The number of rotatable bonds is 8. The molecule has 0 aliphatic carbocycles. The highest BCUT2D eigenvalue weighted by Crippen LogP contribution is 2.32. The molecule has 0 saturated heterocycles. The summed E-state index contributed by atoms with van der Waals surface area (Å²) >= 11 is 2.68. The maximum Gasteiger partial charge on any atom is 0.236 e. The summed E-state index contributed by atoms with van der Waals surface area (Å²) in [4.78, 5) is 17.4. The number of furan rings is 1. The van der Waals surface area contributed by atoms with E-state index in [0.717, 1.165) is 33.5 Å². The molecule has 0 aliphatic heterocycles. The lowest BCUT2D eigenvalue weighted by atomic mass is 10.1. The van der Waals surface area contributed by atoms with E-state index in [9.17, 15) is 4.79 Å². The van der Waals surface area contributed by atoms with E-state index < -0.39 is 0 Å². The van der Waals surface area contributed by atoms with Crippen molar-refractivity contribution in [2.24, 2.45) is 0 Å². The van der Waals surface area contributed by atoms with Crippen molar-refractivity contribution in [2.45, 2.75) is 5.16 Å². The number of hydrogen-bond donors (Lipinski definition) is 1. The highest BCUT2D eigenvalue weighted by atomic mass is 32.2. The molecular weight excluding hydrogens is 518 g/mol. The first-order valence-corrected chi connectivity index (χ1v) is 13.6. The Labute approximate surface area is 226 Å². The number of fused-ring (bicyclic) bond motifs is 1. The van der Waals surface area contributed by atoms with Gasteiger partial charge in [-0.1, -0.05) is 48.2 Å². The second-order valence-electron chi connectivity index (χ2n) is 8.22.